The number of nitrogens with zero attached hydrogens (tertiary/aromatic N) is 2. The summed E-state index contributed by atoms with van der Waals surface area (Å²) in [5, 5.41) is 3.01. The van der Waals surface area contributed by atoms with Crippen LogP contribution in [0.25, 0.3) is 11.0 Å². The van der Waals surface area contributed by atoms with Gasteiger partial charge in [-0.05, 0) is 50.2 Å². The number of aryl methyl sites for hydroxylation is 2. The Morgan fingerprint density at radius 3 is 2.56 bits per heavy atom. The fraction of sp³-hybridized carbons (Fsp3) is 0.211. The minimum Gasteiger partial charge on any atom is -0.332 e. The molecule has 1 aromatic carbocycles. The van der Waals surface area contributed by atoms with E-state index in [-0.39, 0.29) is 5.56 Å². The number of halogens is 2. The molecule has 2 heterocycles. The molecule has 2 aromatic heterocycles. The lowest BCUT2D eigenvalue weighted by Gasteiger charge is -2.12. The third kappa shape index (κ3) is 4.16. The summed E-state index contributed by atoms with van der Waals surface area (Å²) in [4.78, 5) is 30.1. The highest BCUT2D eigenvalue weighted by molar-refractivity contribution is 7.99. The fourth-order valence-electron chi connectivity index (χ4n) is 2.68. The molecule has 0 unspecified atom stereocenters. The summed E-state index contributed by atoms with van der Waals surface area (Å²) < 4.78 is 26.5. The lowest BCUT2D eigenvalue weighted by atomic mass is 10.1. The zero-order chi connectivity index (χ0) is 19.6. The van der Waals surface area contributed by atoms with Crippen molar-refractivity contribution in [3.05, 3.63) is 64.1 Å². The van der Waals surface area contributed by atoms with Crippen LogP contribution in [-0.4, -0.2) is 21.2 Å². The quantitative estimate of drug-likeness (QED) is 0.661. The Bertz CT molecular complexity index is 1050. The number of aromatic nitrogens is 2. The van der Waals surface area contributed by atoms with Crippen molar-refractivity contribution in [2.24, 2.45) is 0 Å². The molecule has 8 heteroatoms. The first-order chi connectivity index (χ1) is 12.9. The number of pyridine rings is 2. The van der Waals surface area contributed by atoms with Gasteiger partial charge in [0.2, 0.25) is 5.43 Å². The van der Waals surface area contributed by atoms with Gasteiger partial charge in [-0.25, -0.2) is 4.98 Å². The first-order valence-electron chi connectivity index (χ1n) is 8.26. The van der Waals surface area contributed by atoms with E-state index in [9.17, 15) is 18.4 Å². The van der Waals surface area contributed by atoms with Crippen LogP contribution in [0.4, 0.5) is 14.5 Å². The topological polar surface area (TPSA) is 64.0 Å². The van der Waals surface area contributed by atoms with Crippen molar-refractivity contribution >= 4 is 34.4 Å². The van der Waals surface area contributed by atoms with Crippen LogP contribution >= 0.6 is 11.8 Å². The molecule has 0 saturated carbocycles. The maximum Gasteiger partial charge on any atom is 0.288 e. The van der Waals surface area contributed by atoms with E-state index in [0.717, 1.165) is 5.69 Å². The largest absolute Gasteiger partial charge is 0.332 e. The Balaban J connectivity index is 1.93. The van der Waals surface area contributed by atoms with E-state index in [1.165, 1.54) is 30.5 Å². The highest BCUT2D eigenvalue weighted by Gasteiger charge is 2.16. The lowest BCUT2D eigenvalue weighted by molar-refractivity contribution is 0.102. The molecule has 140 valence electrons. The predicted molar refractivity (Wildman–Crippen MR) is 103 cm³/mol. The third-order valence-electron chi connectivity index (χ3n) is 3.98. The van der Waals surface area contributed by atoms with Crippen LogP contribution in [0.2, 0.25) is 0 Å². The van der Waals surface area contributed by atoms with Crippen LogP contribution in [0.3, 0.4) is 0 Å². The molecule has 0 radical (unpaired) electrons. The molecule has 0 atom stereocenters. The predicted octanol–water partition coefficient (Wildman–Crippen LogP) is 4.29. The van der Waals surface area contributed by atoms with Gasteiger partial charge in [0.1, 0.15) is 11.2 Å². The maximum absolute atomic E-state index is 12.7. The third-order valence-corrected chi connectivity index (χ3v) is 4.71. The first-order valence-corrected chi connectivity index (χ1v) is 9.14. The van der Waals surface area contributed by atoms with Gasteiger partial charge in [-0.1, -0.05) is 11.8 Å². The number of carbonyl (C=O) groups is 1. The van der Waals surface area contributed by atoms with Gasteiger partial charge in [-0.3, -0.25) is 9.59 Å². The average molecular weight is 389 g/mol. The Morgan fingerprint density at radius 1 is 1.22 bits per heavy atom. The summed E-state index contributed by atoms with van der Waals surface area (Å²) in [5.41, 5.74) is 1.34. The van der Waals surface area contributed by atoms with Crippen molar-refractivity contribution in [3.8, 4) is 0 Å². The molecule has 27 heavy (non-hydrogen) atoms. The van der Waals surface area contributed by atoms with E-state index in [4.69, 9.17) is 0 Å². The molecule has 0 fully saturated rings. The normalized spacial score (nSPS) is 11.1. The second-order valence-corrected chi connectivity index (χ2v) is 6.90. The Morgan fingerprint density at radius 2 is 1.93 bits per heavy atom. The molecule has 3 rings (SSSR count). The summed E-state index contributed by atoms with van der Waals surface area (Å²) in [5.74, 6) is -3.06. The molecule has 0 bridgehead atoms. The molecular weight excluding hydrogens is 372 g/mol. The van der Waals surface area contributed by atoms with Gasteiger partial charge in [0.15, 0.2) is 0 Å². The molecular formula is C19H17F2N3O2S. The lowest BCUT2D eigenvalue weighted by Crippen LogP contribution is -2.24. The molecule has 0 aliphatic rings. The van der Waals surface area contributed by atoms with Gasteiger partial charge in [0.05, 0.1) is 5.39 Å². The number of amides is 1. The molecule has 3 aromatic rings. The van der Waals surface area contributed by atoms with Gasteiger partial charge >= 0.3 is 0 Å². The summed E-state index contributed by atoms with van der Waals surface area (Å²) in [6, 6.07) is 9.41. The number of rotatable bonds is 5. The van der Waals surface area contributed by atoms with E-state index in [2.05, 4.69) is 10.3 Å². The van der Waals surface area contributed by atoms with Crippen LogP contribution in [0.1, 0.15) is 23.0 Å². The smallest absolute Gasteiger partial charge is 0.288 e. The Kier molecular flexibility index (Phi) is 5.55. The van der Waals surface area contributed by atoms with E-state index >= 15 is 0 Å². The van der Waals surface area contributed by atoms with Crippen molar-refractivity contribution in [2.45, 2.75) is 31.0 Å². The number of alkyl halides is 2. The van der Waals surface area contributed by atoms with Gasteiger partial charge in [0, 0.05) is 29.0 Å². The van der Waals surface area contributed by atoms with E-state index in [1.807, 2.05) is 13.8 Å². The van der Waals surface area contributed by atoms with Crippen LogP contribution in [0.15, 0.2) is 52.3 Å². The van der Waals surface area contributed by atoms with E-state index in [1.54, 1.807) is 16.7 Å². The maximum atomic E-state index is 12.7. The number of benzene rings is 1. The summed E-state index contributed by atoms with van der Waals surface area (Å²) in [6.45, 7) is 4.28. The summed E-state index contributed by atoms with van der Waals surface area (Å²) in [6.07, 6.45) is 1.49. The van der Waals surface area contributed by atoms with Gasteiger partial charge in [-0.2, -0.15) is 8.78 Å². The highest BCUT2D eigenvalue weighted by Crippen LogP contribution is 2.26. The van der Waals surface area contributed by atoms with E-state index in [0.29, 0.717) is 39.9 Å². The summed E-state index contributed by atoms with van der Waals surface area (Å²) in [7, 11) is 0. The van der Waals surface area contributed by atoms with Gasteiger partial charge in [0.25, 0.3) is 11.7 Å². The monoisotopic (exact) mass is 389 g/mol. The molecule has 0 aliphatic heterocycles. The number of thioether (sulfide) groups is 1. The van der Waals surface area contributed by atoms with Gasteiger partial charge in [-0.15, -0.1) is 0 Å². The second kappa shape index (κ2) is 7.87. The zero-order valence-corrected chi connectivity index (χ0v) is 15.5. The number of hydrogen-bond donors (Lipinski definition) is 1. The van der Waals surface area contributed by atoms with Crippen molar-refractivity contribution in [3.63, 3.8) is 0 Å². The van der Waals surface area contributed by atoms with Gasteiger partial charge < -0.3 is 9.88 Å². The minimum atomic E-state index is -2.51. The number of nitrogens with one attached hydrogen (secondary N) is 1. The zero-order valence-electron chi connectivity index (χ0n) is 14.7. The standard InChI is InChI=1S/C19H17F2N3O2S/c1-3-24-10-15(16(25)14-9-4-11(2)22-17(14)24)18(26)23-12-5-7-13(8-6-12)27-19(20)21/h4-10,19H,3H2,1-2H3,(H,23,26). The van der Waals surface area contributed by atoms with Crippen molar-refractivity contribution in [2.75, 3.05) is 5.32 Å². The first kappa shape index (κ1) is 19.0. The van der Waals surface area contributed by atoms with E-state index < -0.39 is 17.1 Å². The number of carbonyl (C=O) groups excluding carboxylic acids is 1. The van der Waals surface area contributed by atoms with Crippen LogP contribution < -0.4 is 10.7 Å². The molecule has 5 nitrogen and oxygen atoms in total. The summed E-state index contributed by atoms with van der Waals surface area (Å²) >= 11 is 0.426. The number of hydrogen-bond acceptors (Lipinski definition) is 4. The number of fused-ring (bicyclic) bond motifs is 1. The van der Waals surface area contributed by atoms with Crippen molar-refractivity contribution in [1.82, 2.24) is 9.55 Å². The average Bonchev–Trinajstić information content (AvgIpc) is 2.63. The van der Waals surface area contributed by atoms with Crippen molar-refractivity contribution < 1.29 is 13.6 Å². The Labute approximate surface area is 158 Å². The minimum absolute atomic E-state index is 0.000958. The van der Waals surface area contributed by atoms with Crippen LogP contribution in [0.5, 0.6) is 0 Å². The van der Waals surface area contributed by atoms with Crippen molar-refractivity contribution in [1.29, 1.82) is 0 Å². The molecule has 1 amide bonds. The molecule has 1 N–H and O–H groups in total. The highest BCUT2D eigenvalue weighted by atomic mass is 32.2. The SMILES string of the molecule is CCn1cc(C(=O)Nc2ccc(SC(F)F)cc2)c(=O)c2ccc(C)nc21. The molecule has 0 saturated heterocycles. The molecule has 0 aliphatic carbocycles. The second-order valence-electron chi connectivity index (χ2n) is 5.84. The van der Waals surface area contributed by atoms with Crippen LogP contribution in [0, 0.1) is 6.92 Å². The van der Waals surface area contributed by atoms with Crippen LogP contribution in [-0.2, 0) is 6.54 Å². The number of anilines is 1. The fourth-order valence-corrected chi connectivity index (χ4v) is 3.18. The molecule has 0 spiro atoms. The Hall–Kier alpha value is -2.74.